The van der Waals surface area contributed by atoms with Crippen LogP contribution in [0.5, 0.6) is 11.5 Å². The van der Waals surface area contributed by atoms with Gasteiger partial charge in [0.25, 0.3) is 5.56 Å². The molecule has 8 heteroatoms. The van der Waals surface area contributed by atoms with E-state index >= 15 is 0 Å². The first-order valence-electron chi connectivity index (χ1n) is 9.67. The molecular weight excluding hydrogens is 390 g/mol. The molecule has 1 aliphatic heterocycles. The first-order chi connectivity index (χ1) is 14.0. The van der Waals surface area contributed by atoms with E-state index in [1.165, 1.54) is 24.9 Å². The second-order valence-corrected chi connectivity index (χ2v) is 8.24. The number of nitrogens with zero attached hydrogens (tertiary/aromatic N) is 1. The van der Waals surface area contributed by atoms with Gasteiger partial charge in [-0.2, -0.15) is 0 Å². The van der Waals surface area contributed by atoms with E-state index in [4.69, 9.17) is 4.74 Å². The number of thioether (sulfide) groups is 1. The monoisotopic (exact) mass is 413 g/mol. The number of Topliss-reactive ketones (excluding diaryl/α,β-unsaturated/α-hetero) is 1. The number of rotatable bonds is 5. The van der Waals surface area contributed by atoms with E-state index in [2.05, 4.69) is 22.2 Å². The van der Waals surface area contributed by atoms with Crippen LogP contribution in [0.15, 0.2) is 39.9 Å². The first kappa shape index (κ1) is 19.6. The van der Waals surface area contributed by atoms with Crippen LogP contribution in [-0.2, 0) is 4.79 Å². The maximum absolute atomic E-state index is 13.1. The van der Waals surface area contributed by atoms with E-state index in [0.29, 0.717) is 35.1 Å². The lowest BCUT2D eigenvalue weighted by atomic mass is 9.72. The van der Waals surface area contributed by atoms with Gasteiger partial charge in [-0.25, -0.2) is 4.98 Å². The number of fused-ring (bicyclic) bond motifs is 2. The lowest BCUT2D eigenvalue weighted by molar-refractivity contribution is -0.122. The summed E-state index contributed by atoms with van der Waals surface area (Å²) in [5.74, 6) is 0.752. The van der Waals surface area contributed by atoms with Crippen LogP contribution in [0.1, 0.15) is 43.2 Å². The standard InChI is InChI=1S/C21H23N3O4S/c1-3-9-29-21-23-19-18(20(27)24-21)16(11-7-8-13(25)15(10-11)28-2)17-12(22-19)5-4-6-14(17)26/h5,7-8,10,16-17,25H,3-4,6,9H2,1-2H3,(H2,22,23,24,27)/t16-,17-/m1/s1. The molecule has 0 bridgehead atoms. The van der Waals surface area contributed by atoms with Gasteiger partial charge in [0.2, 0.25) is 0 Å². The number of ether oxygens (including phenoxy) is 1. The van der Waals surface area contributed by atoms with Crippen molar-refractivity contribution in [1.82, 2.24) is 9.97 Å². The number of aromatic amines is 1. The maximum atomic E-state index is 13.1. The van der Waals surface area contributed by atoms with Crippen molar-refractivity contribution in [2.75, 3.05) is 18.2 Å². The molecule has 7 nitrogen and oxygen atoms in total. The number of hydrogen-bond donors (Lipinski definition) is 3. The minimum atomic E-state index is -0.499. The zero-order valence-electron chi connectivity index (χ0n) is 16.3. The van der Waals surface area contributed by atoms with Crippen LogP contribution >= 0.6 is 11.8 Å². The SMILES string of the molecule is CCCSc1nc2c(c(=O)[nH]1)[C@H](c1ccc(O)c(OC)c1)[C@H]1C(=O)CCC=C1N2. The topological polar surface area (TPSA) is 104 Å². The maximum Gasteiger partial charge on any atom is 0.257 e. The summed E-state index contributed by atoms with van der Waals surface area (Å²) in [4.78, 5) is 33.4. The normalized spacial score (nSPS) is 20.3. The number of carbonyl (C=O) groups excluding carboxylic acids is 1. The van der Waals surface area contributed by atoms with E-state index in [1.807, 2.05) is 6.08 Å². The number of anilines is 1. The lowest BCUT2D eigenvalue weighted by Crippen LogP contribution is -2.38. The minimum absolute atomic E-state index is 0.00879. The summed E-state index contributed by atoms with van der Waals surface area (Å²) in [5, 5.41) is 13.8. The van der Waals surface area contributed by atoms with Gasteiger partial charge >= 0.3 is 0 Å². The molecule has 0 saturated heterocycles. The molecule has 29 heavy (non-hydrogen) atoms. The number of hydrogen-bond acceptors (Lipinski definition) is 7. The lowest BCUT2D eigenvalue weighted by Gasteiger charge is -2.36. The molecule has 0 radical (unpaired) electrons. The third-order valence-electron chi connectivity index (χ3n) is 5.28. The molecule has 1 aliphatic carbocycles. The average molecular weight is 413 g/mol. The molecule has 1 aromatic heterocycles. The molecular formula is C21H23N3O4S. The predicted molar refractivity (Wildman–Crippen MR) is 112 cm³/mol. The van der Waals surface area contributed by atoms with Crippen molar-refractivity contribution in [1.29, 1.82) is 0 Å². The van der Waals surface area contributed by atoms with Crippen LogP contribution in [0.25, 0.3) is 0 Å². The Labute approximate surface area is 172 Å². The van der Waals surface area contributed by atoms with E-state index in [1.54, 1.807) is 12.1 Å². The fourth-order valence-electron chi connectivity index (χ4n) is 3.98. The van der Waals surface area contributed by atoms with Gasteiger partial charge in [0.1, 0.15) is 11.6 Å². The Morgan fingerprint density at radius 1 is 1.31 bits per heavy atom. The predicted octanol–water partition coefficient (Wildman–Crippen LogP) is 3.41. The molecule has 0 spiro atoms. The number of allylic oxidation sites excluding steroid dienone is 2. The second-order valence-electron chi connectivity index (χ2n) is 7.16. The zero-order chi connectivity index (χ0) is 20.5. The van der Waals surface area contributed by atoms with E-state index in [9.17, 15) is 14.7 Å². The Bertz CT molecular complexity index is 1050. The zero-order valence-corrected chi connectivity index (χ0v) is 17.1. The summed E-state index contributed by atoms with van der Waals surface area (Å²) in [5.41, 5.74) is 1.71. The van der Waals surface area contributed by atoms with Gasteiger partial charge in [-0.1, -0.05) is 30.8 Å². The highest BCUT2D eigenvalue weighted by Gasteiger charge is 2.42. The van der Waals surface area contributed by atoms with Crippen molar-refractivity contribution >= 4 is 23.4 Å². The number of ketones is 1. The molecule has 0 fully saturated rings. The number of methoxy groups -OCH3 is 1. The van der Waals surface area contributed by atoms with Crippen LogP contribution in [0.4, 0.5) is 5.82 Å². The molecule has 3 N–H and O–H groups in total. The highest BCUT2D eigenvalue weighted by Crippen LogP contribution is 2.46. The van der Waals surface area contributed by atoms with Crippen LogP contribution in [0, 0.1) is 5.92 Å². The fourth-order valence-corrected chi connectivity index (χ4v) is 4.70. The molecule has 0 unspecified atom stereocenters. The Morgan fingerprint density at radius 2 is 2.14 bits per heavy atom. The summed E-state index contributed by atoms with van der Waals surface area (Å²) in [6.45, 7) is 2.07. The van der Waals surface area contributed by atoms with Gasteiger partial charge in [0.15, 0.2) is 16.7 Å². The number of nitrogens with one attached hydrogen (secondary N) is 2. The molecule has 1 aromatic carbocycles. The Kier molecular flexibility index (Phi) is 5.36. The third kappa shape index (κ3) is 3.53. The van der Waals surface area contributed by atoms with Crippen LogP contribution in [0.3, 0.4) is 0 Å². The molecule has 2 aromatic rings. The summed E-state index contributed by atoms with van der Waals surface area (Å²) < 4.78 is 5.25. The number of aromatic nitrogens is 2. The second kappa shape index (κ2) is 7.94. The van der Waals surface area contributed by atoms with Gasteiger partial charge in [-0.3, -0.25) is 9.59 Å². The number of aromatic hydroxyl groups is 1. The van der Waals surface area contributed by atoms with Crippen LogP contribution in [-0.4, -0.2) is 33.7 Å². The van der Waals surface area contributed by atoms with Crippen molar-refractivity contribution < 1.29 is 14.6 Å². The smallest absolute Gasteiger partial charge is 0.257 e. The van der Waals surface area contributed by atoms with Gasteiger partial charge in [0, 0.05) is 23.8 Å². The molecule has 4 rings (SSSR count). The van der Waals surface area contributed by atoms with Crippen LogP contribution in [0.2, 0.25) is 0 Å². The van der Waals surface area contributed by atoms with Crippen molar-refractivity contribution in [3.63, 3.8) is 0 Å². The Balaban J connectivity index is 1.90. The average Bonchev–Trinajstić information content (AvgIpc) is 2.71. The Hall–Kier alpha value is -2.74. The largest absolute Gasteiger partial charge is 0.504 e. The quantitative estimate of drug-likeness (QED) is 0.510. The number of benzene rings is 1. The van der Waals surface area contributed by atoms with Crippen molar-refractivity contribution in [2.45, 2.75) is 37.3 Å². The van der Waals surface area contributed by atoms with E-state index in [-0.39, 0.29) is 17.1 Å². The summed E-state index contributed by atoms with van der Waals surface area (Å²) in [6.07, 6.45) is 4.09. The molecule has 0 saturated carbocycles. The fraction of sp³-hybridized carbons (Fsp3) is 0.381. The molecule has 2 aliphatic rings. The molecule has 2 heterocycles. The number of H-pyrrole nitrogens is 1. The van der Waals surface area contributed by atoms with Crippen molar-refractivity contribution in [2.24, 2.45) is 5.92 Å². The van der Waals surface area contributed by atoms with Gasteiger partial charge in [0.05, 0.1) is 18.6 Å². The summed E-state index contributed by atoms with van der Waals surface area (Å²) in [7, 11) is 1.47. The number of carbonyl (C=O) groups is 1. The Morgan fingerprint density at radius 3 is 2.90 bits per heavy atom. The molecule has 152 valence electrons. The molecule has 2 atom stereocenters. The summed E-state index contributed by atoms with van der Waals surface area (Å²) in [6, 6.07) is 4.95. The van der Waals surface area contributed by atoms with Gasteiger partial charge in [-0.15, -0.1) is 0 Å². The van der Waals surface area contributed by atoms with E-state index < -0.39 is 11.8 Å². The minimum Gasteiger partial charge on any atom is -0.504 e. The van der Waals surface area contributed by atoms with Gasteiger partial charge in [-0.05, 0) is 30.5 Å². The number of phenolic OH excluding ortho intramolecular Hbond substituents is 1. The third-order valence-corrected chi connectivity index (χ3v) is 6.36. The number of phenols is 1. The van der Waals surface area contributed by atoms with Crippen molar-refractivity contribution in [3.8, 4) is 11.5 Å². The highest BCUT2D eigenvalue weighted by molar-refractivity contribution is 7.99. The highest BCUT2D eigenvalue weighted by atomic mass is 32.2. The summed E-state index contributed by atoms with van der Waals surface area (Å²) >= 11 is 1.50. The van der Waals surface area contributed by atoms with Crippen molar-refractivity contribution in [3.05, 3.63) is 51.5 Å². The first-order valence-corrected chi connectivity index (χ1v) is 10.7. The molecule has 0 amide bonds. The van der Waals surface area contributed by atoms with E-state index in [0.717, 1.165) is 23.4 Å². The van der Waals surface area contributed by atoms with Gasteiger partial charge < -0.3 is 20.1 Å². The van der Waals surface area contributed by atoms with Crippen LogP contribution < -0.4 is 15.6 Å².